The second-order valence-electron chi connectivity index (χ2n) is 4.60. The normalized spacial score (nSPS) is 15.4. The van der Waals surface area contributed by atoms with Crippen LogP contribution in [-0.2, 0) is 4.74 Å². The maximum absolute atomic E-state index is 5.39. The van der Waals surface area contributed by atoms with Gasteiger partial charge < -0.3 is 0 Å². The monoisotopic (exact) mass is 395 g/mol. The molecule has 1 aliphatic heterocycles. The van der Waals surface area contributed by atoms with E-state index in [0.717, 1.165) is 48.1 Å². The van der Waals surface area contributed by atoms with Crippen molar-refractivity contribution in [3.63, 3.8) is 0 Å². The first-order valence-corrected chi connectivity index (χ1v) is 8.46. The zero-order valence-corrected chi connectivity index (χ0v) is 14.9. The Morgan fingerprint density at radius 2 is 1.95 bits per heavy atom. The Morgan fingerprint density at radius 1 is 1.15 bits per heavy atom. The molecule has 0 aliphatic carbocycles. The molecule has 1 saturated heterocycles. The van der Waals surface area contributed by atoms with E-state index in [1.807, 2.05) is 18.2 Å². The van der Waals surface area contributed by atoms with Gasteiger partial charge in [0.15, 0.2) is 0 Å². The van der Waals surface area contributed by atoms with E-state index in [0.29, 0.717) is 0 Å². The van der Waals surface area contributed by atoms with Crippen LogP contribution in [0.25, 0.3) is 11.4 Å². The summed E-state index contributed by atoms with van der Waals surface area (Å²) in [5.74, 6) is 1.72. The minimum absolute atomic E-state index is 0.754. The van der Waals surface area contributed by atoms with E-state index >= 15 is 0 Å². The fraction of sp³-hybridized carbons (Fsp3) is 0.286. The molecule has 0 N–H and O–H groups in total. The van der Waals surface area contributed by atoms with Crippen molar-refractivity contribution in [2.24, 2.45) is 0 Å². The number of benzene rings is 1. The molecule has 3 rings (SSSR count). The molecule has 1 atom stereocenters. The predicted molar refractivity (Wildman–Crippen MR) is 86.4 cm³/mol. The van der Waals surface area contributed by atoms with Crippen molar-refractivity contribution in [1.82, 2.24) is 9.97 Å². The molecule has 2 heterocycles. The molecule has 2 aromatic rings. The number of rotatable bonds is 2. The average molecular weight is 396 g/mol. The van der Waals surface area contributed by atoms with E-state index in [-0.39, 0.29) is 0 Å². The van der Waals surface area contributed by atoms with Gasteiger partial charge in [-0.2, -0.15) is 0 Å². The van der Waals surface area contributed by atoms with Crippen molar-refractivity contribution in [2.75, 3.05) is 31.2 Å². The van der Waals surface area contributed by atoms with Crippen LogP contribution < -0.4 is 9.25 Å². The Bertz CT molecular complexity index is 617. The van der Waals surface area contributed by atoms with Crippen molar-refractivity contribution < 1.29 is 4.74 Å². The van der Waals surface area contributed by atoms with Gasteiger partial charge in [0.25, 0.3) is 0 Å². The van der Waals surface area contributed by atoms with Gasteiger partial charge in [-0.3, -0.25) is 0 Å². The molecule has 0 bridgehead atoms. The molecular formula is C14H15AsBrN3O. The molecule has 0 radical (unpaired) electrons. The van der Waals surface area contributed by atoms with Crippen LogP contribution in [0.15, 0.2) is 34.9 Å². The van der Waals surface area contributed by atoms with Gasteiger partial charge in [-0.05, 0) is 0 Å². The summed E-state index contributed by atoms with van der Waals surface area (Å²) in [5.41, 5.74) is 1.06. The number of hydrogen-bond acceptors (Lipinski definition) is 4. The number of aromatic nitrogens is 2. The van der Waals surface area contributed by atoms with E-state index in [1.54, 1.807) is 16.9 Å². The second kappa shape index (κ2) is 6.25. The Kier molecular flexibility index (Phi) is 4.39. The predicted octanol–water partition coefficient (Wildman–Crippen LogP) is 1.00. The first-order chi connectivity index (χ1) is 9.72. The summed E-state index contributed by atoms with van der Waals surface area (Å²) in [5, 5.41) is 0. The number of anilines is 1. The zero-order valence-electron chi connectivity index (χ0n) is 10.9. The third-order valence-corrected chi connectivity index (χ3v) is 4.32. The van der Waals surface area contributed by atoms with Gasteiger partial charge in [0.1, 0.15) is 0 Å². The molecule has 6 heteroatoms. The van der Waals surface area contributed by atoms with Gasteiger partial charge in [-0.15, -0.1) is 0 Å². The molecule has 1 aromatic carbocycles. The van der Waals surface area contributed by atoms with Crippen molar-refractivity contribution in [3.8, 4) is 11.4 Å². The van der Waals surface area contributed by atoms with E-state index in [2.05, 4.69) is 37.9 Å². The summed E-state index contributed by atoms with van der Waals surface area (Å²) < 4.78 is 7.47. The number of ether oxygens (including phenoxy) is 1. The van der Waals surface area contributed by atoms with Crippen LogP contribution in [0.3, 0.4) is 0 Å². The Labute approximate surface area is 135 Å². The van der Waals surface area contributed by atoms with E-state index < -0.39 is 0 Å². The van der Waals surface area contributed by atoms with Gasteiger partial charge in [0, 0.05) is 0 Å². The summed E-state index contributed by atoms with van der Waals surface area (Å²) >= 11 is 5.10. The van der Waals surface area contributed by atoms with E-state index in [9.17, 15) is 0 Å². The first kappa shape index (κ1) is 14.1. The van der Waals surface area contributed by atoms with E-state index in [4.69, 9.17) is 9.72 Å². The first-order valence-electron chi connectivity index (χ1n) is 6.45. The standard InChI is InChI=1S/C14H15AsBrN3O/c15-11-3-1-2-10(8-11)14-17-12(16)9-13(18-14)19-4-6-20-7-5-19/h1-3,8-9H,4-7,15H2. The van der Waals surface area contributed by atoms with Gasteiger partial charge in [-0.1, -0.05) is 0 Å². The number of nitrogens with zero attached hydrogens (tertiary/aromatic N) is 3. The molecule has 1 aliphatic rings. The molecule has 0 spiro atoms. The van der Waals surface area contributed by atoms with Gasteiger partial charge >= 0.3 is 135 Å². The molecule has 20 heavy (non-hydrogen) atoms. The SMILES string of the molecule is [AsH2]c1cccc(-c2nc(Br)cc(N3CCOCC3)n2)c1. The third kappa shape index (κ3) is 3.22. The van der Waals surface area contributed by atoms with Gasteiger partial charge in [0.2, 0.25) is 0 Å². The number of morpholine rings is 1. The quantitative estimate of drug-likeness (QED) is 0.561. The summed E-state index contributed by atoms with van der Waals surface area (Å²) in [6.45, 7) is 3.26. The molecule has 104 valence electrons. The third-order valence-electron chi connectivity index (χ3n) is 3.16. The molecular weight excluding hydrogens is 381 g/mol. The van der Waals surface area contributed by atoms with Crippen LogP contribution in [0.2, 0.25) is 0 Å². The number of halogens is 1. The summed E-state index contributed by atoms with van der Waals surface area (Å²) in [4.78, 5) is 11.4. The Hall–Kier alpha value is -0.902. The molecule has 1 aromatic heterocycles. The van der Waals surface area contributed by atoms with Crippen LogP contribution >= 0.6 is 15.9 Å². The van der Waals surface area contributed by atoms with Crippen LogP contribution in [-0.4, -0.2) is 53.1 Å². The summed E-state index contributed by atoms with van der Waals surface area (Å²) in [6, 6.07) is 10.3. The van der Waals surface area contributed by atoms with Crippen molar-refractivity contribution >= 4 is 43.0 Å². The van der Waals surface area contributed by atoms with Crippen LogP contribution in [0.4, 0.5) is 5.82 Å². The number of hydrogen-bond donors (Lipinski definition) is 0. The minimum atomic E-state index is 0.754. The average Bonchev–Trinajstić information content (AvgIpc) is 2.47. The van der Waals surface area contributed by atoms with Crippen LogP contribution in [0.5, 0.6) is 0 Å². The molecule has 0 saturated carbocycles. The zero-order chi connectivity index (χ0) is 13.9. The van der Waals surface area contributed by atoms with Gasteiger partial charge in [0.05, 0.1) is 0 Å². The summed E-state index contributed by atoms with van der Waals surface area (Å²) in [7, 11) is 0. The maximum atomic E-state index is 5.39. The van der Waals surface area contributed by atoms with Crippen molar-refractivity contribution in [2.45, 2.75) is 0 Å². The van der Waals surface area contributed by atoms with Crippen molar-refractivity contribution in [3.05, 3.63) is 34.9 Å². The van der Waals surface area contributed by atoms with Crippen molar-refractivity contribution in [1.29, 1.82) is 0 Å². The fourth-order valence-corrected chi connectivity index (χ4v) is 3.15. The Balaban J connectivity index is 1.97. The fourth-order valence-electron chi connectivity index (χ4n) is 2.17. The van der Waals surface area contributed by atoms with Crippen LogP contribution in [0, 0.1) is 0 Å². The molecule has 4 nitrogen and oxygen atoms in total. The van der Waals surface area contributed by atoms with E-state index in [1.165, 1.54) is 4.35 Å². The van der Waals surface area contributed by atoms with Crippen LogP contribution in [0.1, 0.15) is 0 Å². The topological polar surface area (TPSA) is 38.2 Å². The molecule has 1 fully saturated rings. The molecule has 1 unspecified atom stereocenters. The molecule has 0 amide bonds. The second-order valence-corrected chi connectivity index (χ2v) is 6.81. The van der Waals surface area contributed by atoms with Gasteiger partial charge in [-0.25, -0.2) is 0 Å². The summed E-state index contributed by atoms with van der Waals surface area (Å²) in [6.07, 6.45) is 0. The Morgan fingerprint density at radius 3 is 2.70 bits per heavy atom.